The summed E-state index contributed by atoms with van der Waals surface area (Å²) in [6.07, 6.45) is 6.62. The van der Waals surface area contributed by atoms with Crippen LogP contribution in [0.2, 0.25) is 0 Å². The van der Waals surface area contributed by atoms with Crippen molar-refractivity contribution < 1.29 is 14.1 Å². The zero-order valence-electron chi connectivity index (χ0n) is 12.4. The topological polar surface area (TPSA) is 48.4 Å². The van der Waals surface area contributed by atoms with E-state index >= 15 is 0 Å². The standard InChI is InChI=1S/C15H20BNO3/c1-14(2)15(3,4)20-16(19-14)12-8-9-13(17-11-12)7-5-6-10-18/h5,7-11H,6H2,1-4H3. The molecule has 0 bridgehead atoms. The summed E-state index contributed by atoms with van der Waals surface area (Å²) in [4.78, 5) is 14.6. The van der Waals surface area contributed by atoms with E-state index in [1.165, 1.54) is 0 Å². The molecule has 0 N–H and O–H groups in total. The number of rotatable bonds is 4. The number of carbonyl (C=O) groups is 1. The van der Waals surface area contributed by atoms with Gasteiger partial charge in [-0.2, -0.15) is 0 Å². The van der Waals surface area contributed by atoms with Gasteiger partial charge in [-0.3, -0.25) is 4.98 Å². The van der Waals surface area contributed by atoms with Crippen LogP contribution in [0.25, 0.3) is 6.08 Å². The van der Waals surface area contributed by atoms with Gasteiger partial charge in [0.15, 0.2) is 0 Å². The maximum absolute atomic E-state index is 10.2. The molecular weight excluding hydrogens is 253 g/mol. The molecule has 0 spiro atoms. The van der Waals surface area contributed by atoms with Crippen molar-refractivity contribution in [2.75, 3.05) is 0 Å². The molecule has 20 heavy (non-hydrogen) atoms. The molecule has 2 rings (SSSR count). The van der Waals surface area contributed by atoms with Crippen LogP contribution >= 0.6 is 0 Å². The fourth-order valence-corrected chi connectivity index (χ4v) is 1.88. The number of aromatic nitrogens is 1. The molecule has 1 saturated heterocycles. The van der Waals surface area contributed by atoms with Gasteiger partial charge in [-0.15, -0.1) is 0 Å². The molecule has 0 radical (unpaired) electrons. The Kier molecular flexibility index (Phi) is 4.11. The minimum Gasteiger partial charge on any atom is -0.399 e. The highest BCUT2D eigenvalue weighted by Gasteiger charge is 2.51. The van der Waals surface area contributed by atoms with Gasteiger partial charge in [-0.05, 0) is 39.8 Å². The van der Waals surface area contributed by atoms with E-state index in [1.807, 2.05) is 45.9 Å². The van der Waals surface area contributed by atoms with E-state index in [2.05, 4.69) is 4.98 Å². The van der Waals surface area contributed by atoms with Gasteiger partial charge in [0.1, 0.15) is 6.29 Å². The lowest BCUT2D eigenvalue weighted by Crippen LogP contribution is -2.41. The van der Waals surface area contributed by atoms with Gasteiger partial charge in [0, 0.05) is 18.1 Å². The van der Waals surface area contributed by atoms with Crippen LogP contribution in [-0.2, 0) is 14.1 Å². The Morgan fingerprint density at radius 3 is 2.35 bits per heavy atom. The second-order valence-electron chi connectivity index (χ2n) is 5.91. The molecule has 0 amide bonds. The Morgan fingerprint density at radius 1 is 1.20 bits per heavy atom. The van der Waals surface area contributed by atoms with Gasteiger partial charge in [0.2, 0.25) is 0 Å². The summed E-state index contributed by atoms with van der Waals surface area (Å²) in [6, 6.07) is 3.83. The second-order valence-corrected chi connectivity index (χ2v) is 5.91. The Hall–Kier alpha value is -1.46. The molecule has 2 heterocycles. The summed E-state index contributed by atoms with van der Waals surface area (Å²) in [5.74, 6) is 0. The SMILES string of the molecule is CC1(C)OB(c2ccc(C=CCC=O)nc2)OC1(C)C. The molecular formula is C15H20BNO3. The third kappa shape index (κ3) is 2.99. The van der Waals surface area contributed by atoms with Crippen molar-refractivity contribution in [2.45, 2.75) is 45.3 Å². The molecule has 0 saturated carbocycles. The Morgan fingerprint density at radius 2 is 1.85 bits per heavy atom. The van der Waals surface area contributed by atoms with Crippen LogP contribution in [0.5, 0.6) is 0 Å². The first kappa shape index (κ1) is 14.9. The average Bonchev–Trinajstić information content (AvgIpc) is 2.60. The average molecular weight is 273 g/mol. The van der Waals surface area contributed by atoms with E-state index in [0.717, 1.165) is 17.4 Å². The van der Waals surface area contributed by atoms with Crippen LogP contribution in [0.15, 0.2) is 24.4 Å². The lowest BCUT2D eigenvalue weighted by atomic mass is 9.80. The van der Waals surface area contributed by atoms with Gasteiger partial charge in [-0.25, -0.2) is 0 Å². The predicted molar refractivity (Wildman–Crippen MR) is 79.7 cm³/mol. The van der Waals surface area contributed by atoms with Crippen molar-refractivity contribution in [3.05, 3.63) is 30.1 Å². The third-order valence-electron chi connectivity index (χ3n) is 3.86. The van der Waals surface area contributed by atoms with Crippen molar-refractivity contribution >= 4 is 24.9 Å². The number of pyridine rings is 1. The van der Waals surface area contributed by atoms with Crippen LogP contribution in [-0.4, -0.2) is 29.6 Å². The van der Waals surface area contributed by atoms with Gasteiger partial charge in [0.05, 0.1) is 16.9 Å². The number of nitrogens with zero attached hydrogens (tertiary/aromatic N) is 1. The summed E-state index contributed by atoms with van der Waals surface area (Å²) in [7, 11) is -0.388. The highest BCUT2D eigenvalue weighted by Crippen LogP contribution is 2.36. The lowest BCUT2D eigenvalue weighted by molar-refractivity contribution is -0.107. The lowest BCUT2D eigenvalue weighted by Gasteiger charge is -2.32. The predicted octanol–water partition coefficient (Wildman–Crippen LogP) is 1.98. The number of hydrogen-bond acceptors (Lipinski definition) is 4. The van der Waals surface area contributed by atoms with Crippen LogP contribution < -0.4 is 5.46 Å². The minimum atomic E-state index is -0.388. The van der Waals surface area contributed by atoms with E-state index in [4.69, 9.17) is 9.31 Å². The van der Waals surface area contributed by atoms with E-state index in [1.54, 1.807) is 12.3 Å². The molecule has 0 atom stereocenters. The molecule has 1 aliphatic rings. The van der Waals surface area contributed by atoms with Crippen molar-refractivity contribution in [3.63, 3.8) is 0 Å². The summed E-state index contributed by atoms with van der Waals surface area (Å²) in [5, 5.41) is 0. The van der Waals surface area contributed by atoms with Gasteiger partial charge in [0.25, 0.3) is 0 Å². The molecule has 1 aliphatic heterocycles. The number of hydrogen-bond donors (Lipinski definition) is 0. The summed E-state index contributed by atoms with van der Waals surface area (Å²) >= 11 is 0. The molecule has 1 aromatic rings. The fraction of sp³-hybridized carbons (Fsp3) is 0.467. The van der Waals surface area contributed by atoms with Crippen molar-refractivity contribution in [1.29, 1.82) is 0 Å². The van der Waals surface area contributed by atoms with Crippen molar-refractivity contribution in [2.24, 2.45) is 0 Å². The minimum absolute atomic E-state index is 0.347. The van der Waals surface area contributed by atoms with Gasteiger partial charge < -0.3 is 14.1 Å². The van der Waals surface area contributed by atoms with E-state index in [9.17, 15) is 4.79 Å². The van der Waals surface area contributed by atoms with E-state index in [-0.39, 0.29) is 18.3 Å². The number of allylic oxidation sites excluding steroid dienone is 1. The molecule has 4 nitrogen and oxygen atoms in total. The highest BCUT2D eigenvalue weighted by atomic mass is 16.7. The Balaban J connectivity index is 2.10. The van der Waals surface area contributed by atoms with Crippen LogP contribution in [0.4, 0.5) is 0 Å². The zero-order valence-corrected chi connectivity index (χ0v) is 12.4. The van der Waals surface area contributed by atoms with Crippen molar-refractivity contribution in [1.82, 2.24) is 4.98 Å². The van der Waals surface area contributed by atoms with E-state index in [0.29, 0.717) is 6.42 Å². The molecule has 1 fully saturated rings. The maximum Gasteiger partial charge on any atom is 0.496 e. The molecule has 0 aliphatic carbocycles. The van der Waals surface area contributed by atoms with Crippen LogP contribution in [0, 0.1) is 0 Å². The first-order valence-corrected chi connectivity index (χ1v) is 6.77. The Labute approximate surface area is 120 Å². The second kappa shape index (κ2) is 5.50. The highest BCUT2D eigenvalue weighted by molar-refractivity contribution is 6.62. The molecule has 0 unspecified atom stereocenters. The largest absolute Gasteiger partial charge is 0.496 e. The number of carbonyl (C=O) groups excluding carboxylic acids is 1. The molecule has 106 valence electrons. The summed E-state index contributed by atoms with van der Waals surface area (Å²) in [6.45, 7) is 8.10. The van der Waals surface area contributed by atoms with Crippen molar-refractivity contribution in [3.8, 4) is 0 Å². The Bertz CT molecular complexity index is 492. The van der Waals surface area contributed by atoms with Crippen LogP contribution in [0.1, 0.15) is 39.8 Å². The third-order valence-corrected chi connectivity index (χ3v) is 3.86. The first-order valence-electron chi connectivity index (χ1n) is 6.77. The summed E-state index contributed by atoms with van der Waals surface area (Å²) in [5.41, 5.74) is 1.02. The number of aldehydes is 1. The molecule has 5 heteroatoms. The van der Waals surface area contributed by atoms with Gasteiger partial charge in [-0.1, -0.05) is 12.1 Å². The normalized spacial score (nSPS) is 20.5. The smallest absolute Gasteiger partial charge is 0.399 e. The molecule has 0 aromatic carbocycles. The van der Waals surface area contributed by atoms with Crippen LogP contribution in [0.3, 0.4) is 0 Å². The quantitative estimate of drug-likeness (QED) is 0.621. The first-order chi connectivity index (χ1) is 9.36. The summed E-state index contributed by atoms with van der Waals surface area (Å²) < 4.78 is 11.9. The van der Waals surface area contributed by atoms with E-state index < -0.39 is 0 Å². The maximum atomic E-state index is 10.2. The fourth-order valence-electron chi connectivity index (χ4n) is 1.88. The monoisotopic (exact) mass is 273 g/mol. The molecule has 1 aromatic heterocycles. The van der Waals surface area contributed by atoms with Gasteiger partial charge >= 0.3 is 7.12 Å². The zero-order chi connectivity index (χ0) is 14.8.